The van der Waals surface area contributed by atoms with E-state index in [0.29, 0.717) is 13.0 Å². The van der Waals surface area contributed by atoms with Crippen LogP contribution in [0.15, 0.2) is 29.2 Å². The minimum atomic E-state index is -3.71. The third-order valence-corrected chi connectivity index (χ3v) is 4.70. The molecule has 0 aliphatic carbocycles. The second-order valence-electron chi connectivity index (χ2n) is 4.28. The molecule has 2 rings (SSSR count). The van der Waals surface area contributed by atoms with Crippen molar-refractivity contribution in [3.05, 3.63) is 29.3 Å². The van der Waals surface area contributed by atoms with Gasteiger partial charge in [-0.3, -0.25) is 0 Å². The summed E-state index contributed by atoms with van der Waals surface area (Å²) in [6, 6.07) is 6.16. The van der Waals surface area contributed by atoms with Gasteiger partial charge >= 0.3 is 0 Å². The molecule has 1 heterocycles. The molecule has 1 aromatic rings. The number of nitrogens with one attached hydrogen (secondary N) is 1. The van der Waals surface area contributed by atoms with Crippen LogP contribution >= 0.6 is 11.6 Å². The highest BCUT2D eigenvalue weighted by molar-refractivity contribution is 7.89. The summed E-state index contributed by atoms with van der Waals surface area (Å²) in [6.07, 6.45) is 0.415. The maximum absolute atomic E-state index is 12.0. The summed E-state index contributed by atoms with van der Waals surface area (Å²) in [6.45, 7) is 0.489. The molecule has 7 heteroatoms. The Bertz CT molecular complexity index is 526. The molecular weight excluding hydrogens is 278 g/mol. The van der Waals surface area contributed by atoms with Crippen molar-refractivity contribution in [3.8, 4) is 0 Å². The van der Waals surface area contributed by atoms with Crippen LogP contribution in [0.2, 0.25) is 5.02 Å². The summed E-state index contributed by atoms with van der Waals surface area (Å²) >= 11 is 5.83. The molecule has 5 nitrogen and oxygen atoms in total. The van der Waals surface area contributed by atoms with E-state index >= 15 is 0 Å². The first-order valence-corrected chi connectivity index (χ1v) is 7.33. The van der Waals surface area contributed by atoms with E-state index in [1.165, 1.54) is 12.1 Å². The van der Waals surface area contributed by atoms with Gasteiger partial charge in [0.25, 0.3) is 0 Å². The fraction of sp³-hybridized carbons (Fsp3) is 0.455. The van der Waals surface area contributed by atoms with Crippen LogP contribution in [0.5, 0.6) is 0 Å². The summed E-state index contributed by atoms with van der Waals surface area (Å²) in [5, 5.41) is 10.1. The van der Waals surface area contributed by atoms with Gasteiger partial charge in [-0.05, 0) is 12.1 Å². The Hall–Kier alpha value is -0.660. The zero-order chi connectivity index (χ0) is 13.2. The number of rotatable bonds is 4. The van der Waals surface area contributed by atoms with Crippen molar-refractivity contribution in [1.82, 2.24) is 4.72 Å². The lowest BCUT2D eigenvalue weighted by Gasteiger charge is -2.20. The highest BCUT2D eigenvalue weighted by Crippen LogP contribution is 2.22. The molecule has 18 heavy (non-hydrogen) atoms. The van der Waals surface area contributed by atoms with Crippen molar-refractivity contribution >= 4 is 21.6 Å². The van der Waals surface area contributed by atoms with E-state index in [1.54, 1.807) is 12.1 Å². The van der Waals surface area contributed by atoms with E-state index < -0.39 is 15.6 Å². The Labute approximate surface area is 111 Å². The van der Waals surface area contributed by atoms with Crippen LogP contribution in [-0.4, -0.2) is 38.9 Å². The highest BCUT2D eigenvalue weighted by atomic mass is 35.5. The lowest BCUT2D eigenvalue weighted by molar-refractivity contribution is 0.0314. The molecule has 0 spiro atoms. The molecule has 1 fully saturated rings. The van der Waals surface area contributed by atoms with Gasteiger partial charge in [-0.25, -0.2) is 13.1 Å². The van der Waals surface area contributed by atoms with Crippen LogP contribution in [0.1, 0.15) is 6.42 Å². The van der Waals surface area contributed by atoms with Crippen molar-refractivity contribution in [2.24, 2.45) is 0 Å². The fourth-order valence-corrected chi connectivity index (χ4v) is 3.34. The van der Waals surface area contributed by atoms with Crippen molar-refractivity contribution in [3.63, 3.8) is 0 Å². The summed E-state index contributed by atoms with van der Waals surface area (Å²) < 4.78 is 31.4. The average molecular weight is 292 g/mol. The van der Waals surface area contributed by atoms with Gasteiger partial charge in [0.05, 0.1) is 11.6 Å². The first-order chi connectivity index (χ1) is 8.43. The topological polar surface area (TPSA) is 75.6 Å². The molecule has 0 bridgehead atoms. The summed E-state index contributed by atoms with van der Waals surface area (Å²) in [4.78, 5) is 0.00850. The monoisotopic (exact) mass is 291 g/mol. The van der Waals surface area contributed by atoms with Gasteiger partial charge in [-0.2, -0.15) is 0 Å². The van der Waals surface area contributed by atoms with Crippen molar-refractivity contribution in [1.29, 1.82) is 0 Å². The van der Waals surface area contributed by atoms with Crippen LogP contribution in [0, 0.1) is 0 Å². The number of hydrogen-bond acceptors (Lipinski definition) is 4. The van der Waals surface area contributed by atoms with Crippen LogP contribution in [-0.2, 0) is 14.8 Å². The van der Waals surface area contributed by atoms with Gasteiger partial charge in [-0.15, -0.1) is 0 Å². The number of aliphatic hydroxyl groups is 1. The second kappa shape index (κ2) is 5.14. The van der Waals surface area contributed by atoms with E-state index in [2.05, 4.69) is 4.72 Å². The molecule has 1 aliphatic heterocycles. The van der Waals surface area contributed by atoms with Crippen LogP contribution in [0.25, 0.3) is 0 Å². The summed E-state index contributed by atoms with van der Waals surface area (Å²) in [5.41, 5.74) is -1.13. The molecule has 0 radical (unpaired) electrons. The van der Waals surface area contributed by atoms with Crippen LogP contribution in [0.3, 0.4) is 0 Å². The smallest absolute Gasteiger partial charge is 0.242 e. The van der Waals surface area contributed by atoms with E-state index in [-0.39, 0.29) is 23.1 Å². The number of hydrogen-bond donors (Lipinski definition) is 2. The SMILES string of the molecule is O=S(=O)(NC[C@]1(O)CCOC1)c1ccccc1Cl. The average Bonchev–Trinajstić information content (AvgIpc) is 2.75. The second-order valence-corrected chi connectivity index (χ2v) is 6.42. The maximum Gasteiger partial charge on any atom is 0.242 e. The molecule has 0 unspecified atom stereocenters. The number of sulfonamides is 1. The predicted molar refractivity (Wildman–Crippen MR) is 67.0 cm³/mol. The van der Waals surface area contributed by atoms with E-state index in [1.807, 2.05) is 0 Å². The van der Waals surface area contributed by atoms with Crippen LogP contribution < -0.4 is 4.72 Å². The molecule has 1 aromatic carbocycles. The molecule has 0 aromatic heterocycles. The molecule has 100 valence electrons. The highest BCUT2D eigenvalue weighted by Gasteiger charge is 2.33. The van der Waals surface area contributed by atoms with Gasteiger partial charge in [0.15, 0.2) is 0 Å². The lowest BCUT2D eigenvalue weighted by atomic mass is 10.1. The number of ether oxygens (including phenoxy) is 1. The fourth-order valence-electron chi connectivity index (χ4n) is 1.71. The predicted octanol–water partition coefficient (Wildman–Crippen LogP) is 0.770. The van der Waals surface area contributed by atoms with E-state index in [9.17, 15) is 13.5 Å². The molecule has 0 saturated carbocycles. The van der Waals surface area contributed by atoms with Crippen molar-refractivity contribution in [2.75, 3.05) is 19.8 Å². The largest absolute Gasteiger partial charge is 0.386 e. The molecule has 1 atom stereocenters. The molecule has 1 saturated heterocycles. The third kappa shape index (κ3) is 3.02. The summed E-state index contributed by atoms with van der Waals surface area (Å²) in [5.74, 6) is 0. The van der Waals surface area contributed by atoms with Gasteiger partial charge in [0, 0.05) is 19.6 Å². The van der Waals surface area contributed by atoms with E-state index in [0.717, 1.165) is 0 Å². The molecular formula is C11H14ClNO4S. The van der Waals surface area contributed by atoms with Crippen molar-refractivity contribution < 1.29 is 18.3 Å². The standard InChI is InChI=1S/C11H14ClNO4S/c12-9-3-1-2-4-10(9)18(15,16)13-7-11(14)5-6-17-8-11/h1-4,13-14H,5-8H2/t11-/m1/s1. The van der Waals surface area contributed by atoms with Crippen LogP contribution in [0.4, 0.5) is 0 Å². The number of benzene rings is 1. The van der Waals surface area contributed by atoms with Crippen molar-refractivity contribution in [2.45, 2.75) is 16.9 Å². The molecule has 1 aliphatic rings. The minimum Gasteiger partial charge on any atom is -0.386 e. The van der Waals surface area contributed by atoms with Gasteiger partial charge in [0.2, 0.25) is 10.0 Å². The Balaban J connectivity index is 2.11. The van der Waals surface area contributed by atoms with Gasteiger partial charge in [-0.1, -0.05) is 23.7 Å². The van der Waals surface area contributed by atoms with Gasteiger partial charge in [0.1, 0.15) is 10.5 Å². The Morgan fingerprint density at radius 1 is 1.44 bits per heavy atom. The zero-order valence-corrected chi connectivity index (χ0v) is 11.2. The minimum absolute atomic E-state index is 0.00850. The maximum atomic E-state index is 12.0. The first kappa shape index (κ1) is 13.8. The Morgan fingerprint density at radius 3 is 2.78 bits per heavy atom. The molecule has 2 N–H and O–H groups in total. The van der Waals surface area contributed by atoms with E-state index in [4.69, 9.17) is 16.3 Å². The zero-order valence-electron chi connectivity index (χ0n) is 9.60. The molecule has 0 amide bonds. The Morgan fingerprint density at radius 2 is 2.17 bits per heavy atom. The quantitative estimate of drug-likeness (QED) is 0.859. The summed E-state index contributed by atoms with van der Waals surface area (Å²) in [7, 11) is -3.71. The first-order valence-electron chi connectivity index (χ1n) is 5.47. The lowest BCUT2D eigenvalue weighted by Crippen LogP contribution is -2.43. The normalized spacial score (nSPS) is 24.3. The Kier molecular flexibility index (Phi) is 3.93. The van der Waals surface area contributed by atoms with Gasteiger partial charge < -0.3 is 9.84 Å². The number of halogens is 1. The third-order valence-electron chi connectivity index (χ3n) is 2.80.